The lowest BCUT2D eigenvalue weighted by Crippen LogP contribution is -2.61. The van der Waals surface area contributed by atoms with Crippen molar-refractivity contribution in [2.45, 2.75) is 32.4 Å². The van der Waals surface area contributed by atoms with Gasteiger partial charge in [0, 0.05) is 22.9 Å². The Balaban J connectivity index is 1.59. The molecule has 2 aromatic rings. The number of likely N-dealkylation sites (tertiary alicyclic amines) is 1. The fourth-order valence-electron chi connectivity index (χ4n) is 2.59. The van der Waals surface area contributed by atoms with Gasteiger partial charge in [0.1, 0.15) is 17.1 Å². The summed E-state index contributed by atoms with van der Waals surface area (Å²) in [4.78, 5) is 28.6. The molecule has 1 aliphatic heterocycles. The lowest BCUT2D eigenvalue weighted by Gasteiger charge is -2.39. The van der Waals surface area contributed by atoms with Gasteiger partial charge < -0.3 is 19.9 Å². The first kappa shape index (κ1) is 17.7. The van der Waals surface area contributed by atoms with Crippen LogP contribution in [0.2, 0.25) is 0 Å². The number of nitrogens with zero attached hydrogens (tertiary/aromatic N) is 1. The number of ether oxygens (including phenoxy) is 1. The Labute approximate surface area is 152 Å². The minimum atomic E-state index is -0.547. The van der Waals surface area contributed by atoms with Crippen molar-refractivity contribution >= 4 is 38.8 Å². The van der Waals surface area contributed by atoms with Crippen LogP contribution in [-0.4, -0.2) is 46.6 Å². The molecule has 1 saturated heterocycles. The lowest BCUT2D eigenvalue weighted by molar-refractivity contribution is 0.00531. The summed E-state index contributed by atoms with van der Waals surface area (Å²) in [6.07, 6.45) is -0.393. The van der Waals surface area contributed by atoms with Crippen molar-refractivity contribution in [3.63, 3.8) is 0 Å². The number of rotatable bonds is 2. The molecule has 0 radical (unpaired) electrons. The van der Waals surface area contributed by atoms with Gasteiger partial charge in [0.25, 0.3) is 5.91 Å². The number of benzene rings is 1. The van der Waals surface area contributed by atoms with Crippen molar-refractivity contribution in [2.75, 3.05) is 13.1 Å². The number of hydrogen-bond acceptors (Lipinski definition) is 3. The second-order valence-electron chi connectivity index (χ2n) is 7.09. The van der Waals surface area contributed by atoms with Gasteiger partial charge in [0.15, 0.2) is 0 Å². The fraction of sp³-hybridized carbons (Fsp3) is 0.412. The average Bonchev–Trinajstić information content (AvgIpc) is 2.84. The van der Waals surface area contributed by atoms with E-state index >= 15 is 0 Å². The molecule has 25 heavy (non-hydrogen) atoms. The highest BCUT2D eigenvalue weighted by atomic mass is 79.9. The molecule has 0 unspecified atom stereocenters. The van der Waals surface area contributed by atoms with Crippen LogP contribution in [-0.2, 0) is 4.74 Å². The summed E-state index contributed by atoms with van der Waals surface area (Å²) in [7, 11) is 0. The van der Waals surface area contributed by atoms with E-state index in [9.17, 15) is 14.0 Å². The van der Waals surface area contributed by atoms with E-state index in [2.05, 4.69) is 26.2 Å². The molecule has 0 bridgehead atoms. The number of amides is 2. The maximum atomic E-state index is 13.9. The van der Waals surface area contributed by atoms with Crippen LogP contribution in [0.4, 0.5) is 9.18 Å². The molecule has 2 N–H and O–H groups in total. The molecule has 3 rings (SSSR count). The molecule has 134 valence electrons. The molecule has 2 heterocycles. The number of carbonyl (C=O) groups is 2. The van der Waals surface area contributed by atoms with Crippen LogP contribution in [0.5, 0.6) is 0 Å². The highest BCUT2D eigenvalue weighted by molar-refractivity contribution is 9.10. The molecular weight excluding hydrogens is 393 g/mol. The zero-order chi connectivity index (χ0) is 18.4. The van der Waals surface area contributed by atoms with E-state index in [0.717, 1.165) is 0 Å². The fourth-order valence-corrected chi connectivity index (χ4v) is 3.02. The zero-order valence-electron chi connectivity index (χ0n) is 14.2. The molecule has 6 nitrogen and oxygen atoms in total. The summed E-state index contributed by atoms with van der Waals surface area (Å²) in [5.74, 6) is -0.736. The predicted molar refractivity (Wildman–Crippen MR) is 95.0 cm³/mol. The van der Waals surface area contributed by atoms with Crippen LogP contribution >= 0.6 is 15.9 Å². The summed E-state index contributed by atoms with van der Waals surface area (Å²) in [5, 5.41) is 3.18. The van der Waals surface area contributed by atoms with E-state index in [1.165, 1.54) is 17.0 Å². The Hall–Kier alpha value is -2.09. The molecule has 0 atom stereocenters. The van der Waals surface area contributed by atoms with E-state index in [1.54, 1.807) is 26.8 Å². The van der Waals surface area contributed by atoms with Crippen molar-refractivity contribution in [2.24, 2.45) is 0 Å². The Morgan fingerprint density at radius 2 is 2.00 bits per heavy atom. The third-order valence-corrected chi connectivity index (χ3v) is 4.22. The third kappa shape index (κ3) is 3.95. The van der Waals surface area contributed by atoms with E-state index in [0.29, 0.717) is 28.5 Å². The van der Waals surface area contributed by atoms with E-state index in [4.69, 9.17) is 4.74 Å². The van der Waals surface area contributed by atoms with Crippen LogP contribution in [0.15, 0.2) is 22.7 Å². The first-order valence-corrected chi connectivity index (χ1v) is 8.68. The quantitative estimate of drug-likeness (QED) is 0.794. The van der Waals surface area contributed by atoms with E-state index in [-0.39, 0.29) is 17.6 Å². The maximum Gasteiger partial charge on any atom is 0.410 e. The monoisotopic (exact) mass is 411 g/mol. The minimum Gasteiger partial charge on any atom is -0.444 e. The van der Waals surface area contributed by atoms with Gasteiger partial charge in [-0.25, -0.2) is 9.18 Å². The van der Waals surface area contributed by atoms with Crippen molar-refractivity contribution in [1.29, 1.82) is 0 Å². The minimum absolute atomic E-state index is 0.150. The molecule has 0 spiro atoms. The first-order valence-electron chi connectivity index (χ1n) is 7.89. The van der Waals surface area contributed by atoms with Crippen molar-refractivity contribution in [3.05, 3.63) is 34.2 Å². The molecular formula is C17H19BrFN3O3. The number of H-pyrrole nitrogens is 1. The van der Waals surface area contributed by atoms with E-state index in [1.807, 2.05) is 0 Å². The summed E-state index contributed by atoms with van der Waals surface area (Å²) in [6.45, 7) is 6.19. The topological polar surface area (TPSA) is 74.4 Å². The van der Waals surface area contributed by atoms with Crippen molar-refractivity contribution < 1.29 is 18.7 Å². The second kappa shape index (κ2) is 6.33. The van der Waals surface area contributed by atoms with Crippen LogP contribution in [0, 0.1) is 5.82 Å². The summed E-state index contributed by atoms with van der Waals surface area (Å²) < 4.78 is 19.8. The molecule has 8 heteroatoms. The molecule has 1 aromatic heterocycles. The zero-order valence-corrected chi connectivity index (χ0v) is 15.7. The third-order valence-electron chi connectivity index (χ3n) is 3.77. The Morgan fingerprint density at radius 3 is 2.64 bits per heavy atom. The predicted octanol–water partition coefficient (Wildman–Crippen LogP) is 3.42. The van der Waals surface area contributed by atoms with Gasteiger partial charge in [-0.1, -0.05) is 15.9 Å². The van der Waals surface area contributed by atoms with Crippen molar-refractivity contribution in [1.82, 2.24) is 15.2 Å². The van der Waals surface area contributed by atoms with Crippen LogP contribution in [0.3, 0.4) is 0 Å². The second-order valence-corrected chi connectivity index (χ2v) is 8.00. The number of fused-ring (bicyclic) bond motifs is 1. The first-order chi connectivity index (χ1) is 11.6. The number of halogens is 2. The van der Waals surface area contributed by atoms with Gasteiger partial charge in [0.05, 0.1) is 11.6 Å². The lowest BCUT2D eigenvalue weighted by atomic mass is 10.1. The number of aromatic nitrogens is 1. The smallest absolute Gasteiger partial charge is 0.410 e. The summed E-state index contributed by atoms with van der Waals surface area (Å²) in [6, 6.07) is 4.39. The molecule has 1 aromatic carbocycles. The Morgan fingerprint density at radius 1 is 1.32 bits per heavy atom. The molecule has 2 amide bonds. The summed E-state index contributed by atoms with van der Waals surface area (Å²) in [5.41, 5.74) is 0.275. The molecule has 1 aliphatic rings. The van der Waals surface area contributed by atoms with Crippen LogP contribution in [0.25, 0.3) is 10.9 Å². The standard InChI is InChI=1S/C17H19BrFN3O3/c1-17(2,3)25-16(24)22-7-10(8-22)20-15(23)14-6-11-12(19)4-9(18)5-13(11)21-14/h4-6,10,21H,7-8H2,1-3H3,(H,20,23). The van der Waals surface area contributed by atoms with E-state index < -0.39 is 17.5 Å². The number of aromatic amines is 1. The normalized spacial score (nSPS) is 15.2. The largest absolute Gasteiger partial charge is 0.444 e. The Bertz CT molecular complexity index is 838. The van der Waals surface area contributed by atoms with Gasteiger partial charge in [0.2, 0.25) is 0 Å². The average molecular weight is 412 g/mol. The molecule has 1 fully saturated rings. The van der Waals surface area contributed by atoms with Gasteiger partial charge in [-0.15, -0.1) is 0 Å². The van der Waals surface area contributed by atoms with Crippen LogP contribution in [0.1, 0.15) is 31.3 Å². The van der Waals surface area contributed by atoms with Gasteiger partial charge in [-0.05, 0) is 39.0 Å². The summed E-state index contributed by atoms with van der Waals surface area (Å²) >= 11 is 3.22. The van der Waals surface area contributed by atoms with Gasteiger partial charge in [-0.2, -0.15) is 0 Å². The highest BCUT2D eigenvalue weighted by Gasteiger charge is 2.34. The SMILES string of the molecule is CC(C)(C)OC(=O)N1CC(NC(=O)c2cc3c(F)cc(Br)cc3[nH]2)C1. The van der Waals surface area contributed by atoms with Crippen molar-refractivity contribution in [3.8, 4) is 0 Å². The molecule has 0 saturated carbocycles. The maximum absolute atomic E-state index is 13.9. The number of hydrogen-bond donors (Lipinski definition) is 2. The highest BCUT2D eigenvalue weighted by Crippen LogP contribution is 2.24. The molecule has 0 aliphatic carbocycles. The number of carbonyl (C=O) groups excluding carboxylic acids is 2. The Kier molecular flexibility index (Phi) is 4.49. The van der Waals surface area contributed by atoms with Crippen LogP contribution < -0.4 is 5.32 Å². The van der Waals surface area contributed by atoms with Gasteiger partial charge in [-0.3, -0.25) is 4.79 Å². The van der Waals surface area contributed by atoms with Gasteiger partial charge >= 0.3 is 6.09 Å². The number of nitrogens with one attached hydrogen (secondary N) is 2.